The van der Waals surface area contributed by atoms with Gasteiger partial charge in [0.2, 0.25) is 0 Å². The predicted octanol–water partition coefficient (Wildman–Crippen LogP) is 4.75. The van der Waals surface area contributed by atoms with Crippen LogP contribution in [0.15, 0.2) is 36.4 Å². The van der Waals surface area contributed by atoms with Crippen molar-refractivity contribution >= 4 is 5.91 Å². The maximum absolute atomic E-state index is 14.3. The lowest BCUT2D eigenvalue weighted by Gasteiger charge is -2.31. The summed E-state index contributed by atoms with van der Waals surface area (Å²) in [5.41, 5.74) is 1.07. The zero-order chi connectivity index (χ0) is 22.6. The highest BCUT2D eigenvalue weighted by atomic mass is 19.1. The van der Waals surface area contributed by atoms with Crippen molar-refractivity contribution in [1.29, 1.82) is 0 Å². The van der Waals surface area contributed by atoms with E-state index in [1.807, 2.05) is 50.1 Å². The topological polar surface area (TPSA) is 65.5 Å². The van der Waals surface area contributed by atoms with E-state index in [2.05, 4.69) is 10.3 Å². The summed E-state index contributed by atoms with van der Waals surface area (Å²) in [6, 6.07) is 10.6. The minimum Gasteiger partial charge on any atom is -0.376 e. The fraction of sp³-hybridized carbons (Fsp3) is 0.520. The van der Waals surface area contributed by atoms with E-state index in [4.69, 9.17) is 0 Å². The van der Waals surface area contributed by atoms with Crippen LogP contribution in [0, 0.1) is 11.7 Å². The first-order valence-corrected chi connectivity index (χ1v) is 11.2. The highest BCUT2D eigenvalue weighted by Gasteiger charge is 2.25. The number of halogens is 1. The smallest absolute Gasteiger partial charge is 0.253 e. The average molecular weight is 428 g/mol. The van der Waals surface area contributed by atoms with Gasteiger partial charge < -0.3 is 10.0 Å². The molecular formula is C25H34FN3O2. The number of nitrogens with one attached hydrogen (secondary N) is 1. The molecule has 5 nitrogen and oxygen atoms in total. The van der Waals surface area contributed by atoms with Crippen molar-refractivity contribution in [3.8, 4) is 11.3 Å². The molecule has 1 amide bonds. The molecule has 2 aromatic rings. The number of hydrogen-bond acceptors (Lipinski definition) is 4. The van der Waals surface area contributed by atoms with Gasteiger partial charge in [0.1, 0.15) is 11.5 Å². The molecule has 1 heterocycles. The summed E-state index contributed by atoms with van der Waals surface area (Å²) in [6.07, 6.45) is 5.69. The van der Waals surface area contributed by atoms with Crippen LogP contribution in [0.1, 0.15) is 68.9 Å². The minimum atomic E-state index is -1.12. The number of hydrogen-bond donors (Lipinski definition) is 2. The normalized spacial score (nSPS) is 16.9. The predicted molar refractivity (Wildman–Crippen MR) is 121 cm³/mol. The molecule has 1 aliphatic rings. The van der Waals surface area contributed by atoms with Gasteiger partial charge in [-0.25, -0.2) is 9.37 Å². The maximum atomic E-state index is 14.3. The van der Waals surface area contributed by atoms with Crippen LogP contribution in [-0.4, -0.2) is 39.7 Å². The summed E-state index contributed by atoms with van der Waals surface area (Å²) in [7, 11) is 1.88. The first kappa shape index (κ1) is 23.4. The second-order valence-electron chi connectivity index (χ2n) is 9.07. The van der Waals surface area contributed by atoms with Crippen molar-refractivity contribution in [1.82, 2.24) is 15.2 Å². The SMILES string of the molecule is CC(C)[C@@](C)(O)NCc1nc(-c2cccc(C(=O)N(C)C3CCCCC3)c2)ccc1F. The van der Waals surface area contributed by atoms with Crippen LogP contribution < -0.4 is 5.32 Å². The number of carbonyl (C=O) groups excluding carboxylic acids is 1. The molecule has 1 fully saturated rings. The van der Waals surface area contributed by atoms with E-state index in [0.717, 1.165) is 18.4 Å². The third-order valence-corrected chi connectivity index (χ3v) is 6.50. The van der Waals surface area contributed by atoms with Crippen molar-refractivity contribution in [3.05, 3.63) is 53.5 Å². The lowest BCUT2D eigenvalue weighted by atomic mass is 9.94. The molecule has 3 rings (SSSR count). The second-order valence-corrected chi connectivity index (χ2v) is 9.07. The largest absolute Gasteiger partial charge is 0.376 e. The Kier molecular flexibility index (Phi) is 7.44. The van der Waals surface area contributed by atoms with Gasteiger partial charge in [0.25, 0.3) is 5.91 Å². The van der Waals surface area contributed by atoms with E-state index in [0.29, 0.717) is 17.3 Å². The van der Waals surface area contributed by atoms with Crippen LogP contribution in [0.25, 0.3) is 11.3 Å². The average Bonchev–Trinajstić information content (AvgIpc) is 2.78. The number of carbonyl (C=O) groups is 1. The highest BCUT2D eigenvalue weighted by Crippen LogP contribution is 2.25. The van der Waals surface area contributed by atoms with Crippen LogP contribution >= 0.6 is 0 Å². The van der Waals surface area contributed by atoms with Crippen LogP contribution in [0.4, 0.5) is 4.39 Å². The Labute approximate surface area is 184 Å². The second kappa shape index (κ2) is 9.88. The summed E-state index contributed by atoms with van der Waals surface area (Å²) in [5.74, 6) is -0.464. The molecule has 31 heavy (non-hydrogen) atoms. The number of aromatic nitrogens is 1. The van der Waals surface area contributed by atoms with Crippen LogP contribution in [-0.2, 0) is 6.54 Å². The molecule has 1 aromatic carbocycles. The quantitative estimate of drug-likeness (QED) is 0.626. The zero-order valence-electron chi connectivity index (χ0n) is 19.0. The van der Waals surface area contributed by atoms with E-state index < -0.39 is 11.5 Å². The number of pyridine rings is 1. The van der Waals surface area contributed by atoms with Gasteiger partial charge in [-0.3, -0.25) is 10.1 Å². The zero-order valence-corrected chi connectivity index (χ0v) is 19.0. The molecule has 0 saturated heterocycles. The number of amides is 1. The van der Waals surface area contributed by atoms with E-state index in [-0.39, 0.29) is 24.1 Å². The third kappa shape index (κ3) is 5.69. The summed E-state index contributed by atoms with van der Waals surface area (Å²) in [4.78, 5) is 19.4. The minimum absolute atomic E-state index is 0.00531. The van der Waals surface area contributed by atoms with Crippen molar-refractivity contribution in [2.75, 3.05) is 7.05 Å². The molecule has 0 spiro atoms. The maximum Gasteiger partial charge on any atom is 0.253 e. The van der Waals surface area contributed by atoms with E-state index in [9.17, 15) is 14.3 Å². The van der Waals surface area contributed by atoms with Crippen molar-refractivity contribution in [2.24, 2.45) is 5.92 Å². The van der Waals surface area contributed by atoms with Crippen molar-refractivity contribution in [2.45, 2.75) is 71.2 Å². The molecule has 168 valence electrons. The Balaban J connectivity index is 1.79. The lowest BCUT2D eigenvalue weighted by Crippen LogP contribution is -2.46. The van der Waals surface area contributed by atoms with Gasteiger partial charge in [-0.15, -0.1) is 0 Å². The van der Waals surface area contributed by atoms with Crippen molar-refractivity contribution in [3.63, 3.8) is 0 Å². The Hall–Kier alpha value is -2.31. The molecule has 1 aromatic heterocycles. The lowest BCUT2D eigenvalue weighted by molar-refractivity contribution is -0.0219. The molecule has 2 N–H and O–H groups in total. The van der Waals surface area contributed by atoms with Gasteiger partial charge in [0, 0.05) is 30.8 Å². The first-order valence-electron chi connectivity index (χ1n) is 11.2. The van der Waals surface area contributed by atoms with Crippen LogP contribution in [0.2, 0.25) is 0 Å². The van der Waals surface area contributed by atoms with Gasteiger partial charge in [-0.1, -0.05) is 45.2 Å². The molecule has 0 unspecified atom stereocenters. The Bertz CT molecular complexity index is 907. The number of nitrogens with zero attached hydrogens (tertiary/aromatic N) is 2. The number of aliphatic hydroxyl groups is 1. The van der Waals surface area contributed by atoms with E-state index in [1.165, 1.54) is 25.3 Å². The molecule has 0 radical (unpaired) electrons. The van der Waals surface area contributed by atoms with Crippen LogP contribution in [0.5, 0.6) is 0 Å². The molecule has 0 aliphatic heterocycles. The molecule has 1 atom stereocenters. The Morgan fingerprint density at radius 1 is 1.26 bits per heavy atom. The van der Waals surface area contributed by atoms with Gasteiger partial charge >= 0.3 is 0 Å². The fourth-order valence-corrected chi connectivity index (χ4v) is 3.89. The standard InChI is InChI=1S/C25H34FN3O2/c1-17(2)25(3,31)27-16-23-21(26)13-14-22(28-23)18-9-8-10-19(15-18)24(30)29(4)20-11-6-5-7-12-20/h8-10,13-15,17,20,27,31H,5-7,11-12,16H2,1-4H3/t25-/m1/s1. The highest BCUT2D eigenvalue weighted by molar-refractivity contribution is 5.95. The monoisotopic (exact) mass is 427 g/mol. The molecule has 1 saturated carbocycles. The summed E-state index contributed by atoms with van der Waals surface area (Å²) in [5, 5.41) is 13.4. The Morgan fingerprint density at radius 2 is 1.97 bits per heavy atom. The van der Waals surface area contributed by atoms with Crippen molar-refractivity contribution < 1.29 is 14.3 Å². The number of benzene rings is 1. The summed E-state index contributed by atoms with van der Waals surface area (Å²) < 4.78 is 14.3. The summed E-state index contributed by atoms with van der Waals surface area (Å²) in [6.45, 7) is 5.55. The number of rotatable bonds is 7. The van der Waals surface area contributed by atoms with E-state index >= 15 is 0 Å². The molecule has 1 aliphatic carbocycles. The molecule has 0 bridgehead atoms. The fourth-order valence-electron chi connectivity index (χ4n) is 3.89. The molecule has 6 heteroatoms. The van der Waals surface area contributed by atoms with Gasteiger partial charge in [-0.2, -0.15) is 0 Å². The molecular weight excluding hydrogens is 393 g/mol. The van der Waals surface area contributed by atoms with Gasteiger partial charge in [0.15, 0.2) is 0 Å². The Morgan fingerprint density at radius 3 is 2.65 bits per heavy atom. The first-order chi connectivity index (χ1) is 14.7. The van der Waals surface area contributed by atoms with Gasteiger partial charge in [0.05, 0.1) is 11.4 Å². The van der Waals surface area contributed by atoms with Crippen LogP contribution in [0.3, 0.4) is 0 Å². The van der Waals surface area contributed by atoms with Gasteiger partial charge in [-0.05, 0) is 49.9 Å². The summed E-state index contributed by atoms with van der Waals surface area (Å²) >= 11 is 0. The van der Waals surface area contributed by atoms with E-state index in [1.54, 1.807) is 13.0 Å². The third-order valence-electron chi connectivity index (χ3n) is 6.50.